The second-order valence-electron chi connectivity index (χ2n) is 5.76. The van der Waals surface area contributed by atoms with Gasteiger partial charge in [0, 0.05) is 21.2 Å². The standard InChI is InChI=1S/C16H16BrN3O3S/c17-9-5-7-10(8-6-9)24-20-16(23)19-18-13-14(21)11-3-1-2-4-12(11)15(13)22/h5-8,11-12,21H,1-4H2,(H,20,23). The summed E-state index contributed by atoms with van der Waals surface area (Å²) in [6.45, 7) is 0. The number of aliphatic hydroxyl groups is 1. The Balaban J connectivity index is 1.60. The molecule has 0 aliphatic heterocycles. The lowest BCUT2D eigenvalue weighted by Gasteiger charge is -2.23. The highest BCUT2D eigenvalue weighted by Gasteiger charge is 2.43. The minimum atomic E-state index is -0.675. The zero-order valence-corrected chi connectivity index (χ0v) is 15.1. The molecule has 2 aliphatic rings. The number of Topliss-reactive ketones (excluding diaryl/α,β-unsaturated/α-hetero) is 1. The predicted octanol–water partition coefficient (Wildman–Crippen LogP) is 4.78. The number of fused-ring (bicyclic) bond motifs is 1. The summed E-state index contributed by atoms with van der Waals surface area (Å²) >= 11 is 4.44. The number of urea groups is 1. The van der Waals surface area contributed by atoms with E-state index in [9.17, 15) is 14.7 Å². The smallest absolute Gasteiger partial charge is 0.369 e. The quantitative estimate of drug-likeness (QED) is 0.554. The third-order valence-corrected chi connectivity index (χ3v) is 5.55. The van der Waals surface area contributed by atoms with Crippen molar-refractivity contribution in [1.82, 2.24) is 4.72 Å². The Hall–Kier alpha value is -1.67. The molecule has 1 saturated carbocycles. The van der Waals surface area contributed by atoms with Crippen LogP contribution >= 0.6 is 27.9 Å². The fraction of sp³-hybridized carbons (Fsp3) is 0.375. The first-order chi connectivity index (χ1) is 11.6. The first-order valence-electron chi connectivity index (χ1n) is 7.67. The van der Waals surface area contributed by atoms with Gasteiger partial charge in [-0.3, -0.25) is 9.52 Å². The van der Waals surface area contributed by atoms with Crippen LogP contribution in [0.5, 0.6) is 0 Å². The van der Waals surface area contributed by atoms with E-state index in [1.54, 1.807) is 0 Å². The van der Waals surface area contributed by atoms with Gasteiger partial charge in [0.1, 0.15) is 5.76 Å². The first-order valence-corrected chi connectivity index (χ1v) is 9.28. The monoisotopic (exact) mass is 409 g/mol. The van der Waals surface area contributed by atoms with Crippen LogP contribution < -0.4 is 4.72 Å². The van der Waals surface area contributed by atoms with Crippen molar-refractivity contribution >= 4 is 39.7 Å². The summed E-state index contributed by atoms with van der Waals surface area (Å²) in [4.78, 5) is 24.9. The fourth-order valence-corrected chi connectivity index (χ4v) is 3.85. The van der Waals surface area contributed by atoms with E-state index in [0.29, 0.717) is 0 Å². The lowest BCUT2D eigenvalue weighted by atomic mass is 9.80. The van der Waals surface area contributed by atoms with Gasteiger partial charge in [-0.15, -0.1) is 5.11 Å². The average molecular weight is 410 g/mol. The number of allylic oxidation sites excluding steroid dienone is 2. The van der Waals surface area contributed by atoms with E-state index < -0.39 is 6.03 Å². The molecular weight excluding hydrogens is 394 g/mol. The molecule has 0 spiro atoms. The highest BCUT2D eigenvalue weighted by molar-refractivity contribution is 9.10. The van der Waals surface area contributed by atoms with Gasteiger partial charge in [-0.05, 0) is 49.1 Å². The Kier molecular flexibility index (Phi) is 5.35. The lowest BCUT2D eigenvalue weighted by Crippen LogP contribution is -2.21. The zero-order chi connectivity index (χ0) is 17.1. The van der Waals surface area contributed by atoms with Crippen LogP contribution in [0.4, 0.5) is 4.79 Å². The van der Waals surface area contributed by atoms with Gasteiger partial charge in [-0.25, -0.2) is 4.79 Å². The molecule has 6 nitrogen and oxygen atoms in total. The SMILES string of the molecule is O=C(N=NC1=C(O)C2CCCCC2C1=O)NSc1ccc(Br)cc1. The highest BCUT2D eigenvalue weighted by atomic mass is 79.9. The largest absolute Gasteiger partial charge is 0.510 e. The third-order valence-electron chi connectivity index (χ3n) is 4.24. The zero-order valence-electron chi connectivity index (χ0n) is 12.7. The Morgan fingerprint density at radius 3 is 2.54 bits per heavy atom. The molecule has 126 valence electrons. The van der Waals surface area contributed by atoms with E-state index in [0.717, 1.165) is 47.0 Å². The van der Waals surface area contributed by atoms with Crippen LogP contribution in [0.15, 0.2) is 55.3 Å². The molecule has 0 saturated heterocycles. The van der Waals surface area contributed by atoms with Gasteiger partial charge >= 0.3 is 6.03 Å². The van der Waals surface area contributed by atoms with Gasteiger partial charge in [0.05, 0.1) is 0 Å². The number of azo groups is 1. The van der Waals surface area contributed by atoms with E-state index in [4.69, 9.17) is 0 Å². The minimum Gasteiger partial charge on any atom is -0.510 e. The van der Waals surface area contributed by atoms with Crippen molar-refractivity contribution in [3.05, 3.63) is 40.2 Å². The second kappa shape index (κ2) is 7.48. The van der Waals surface area contributed by atoms with Crippen molar-refractivity contribution in [2.45, 2.75) is 30.6 Å². The summed E-state index contributed by atoms with van der Waals surface area (Å²) in [5, 5.41) is 17.4. The van der Waals surface area contributed by atoms with Gasteiger partial charge in [-0.2, -0.15) is 0 Å². The van der Waals surface area contributed by atoms with E-state index in [2.05, 4.69) is 30.9 Å². The van der Waals surface area contributed by atoms with Crippen LogP contribution in [0.25, 0.3) is 0 Å². The molecule has 3 rings (SSSR count). The maximum Gasteiger partial charge on any atom is 0.369 e. The second-order valence-corrected chi connectivity index (χ2v) is 7.55. The Bertz CT molecular complexity index is 718. The van der Waals surface area contributed by atoms with Crippen molar-refractivity contribution in [2.75, 3.05) is 0 Å². The molecule has 2 atom stereocenters. The average Bonchev–Trinajstić information content (AvgIpc) is 2.84. The minimum absolute atomic E-state index is 0.0122. The van der Waals surface area contributed by atoms with Gasteiger partial charge in [0.25, 0.3) is 0 Å². The molecule has 1 aromatic carbocycles. The van der Waals surface area contributed by atoms with Crippen LogP contribution in [0.2, 0.25) is 0 Å². The predicted molar refractivity (Wildman–Crippen MR) is 93.5 cm³/mol. The molecule has 2 amide bonds. The Labute approximate surface area is 152 Å². The summed E-state index contributed by atoms with van der Waals surface area (Å²) < 4.78 is 3.47. The number of carbonyl (C=O) groups excluding carboxylic acids is 2. The molecule has 0 bridgehead atoms. The number of hydrogen-bond acceptors (Lipinski definition) is 5. The number of carbonyl (C=O) groups is 2. The topological polar surface area (TPSA) is 91.1 Å². The van der Waals surface area contributed by atoms with E-state index in [-0.39, 0.29) is 29.1 Å². The van der Waals surface area contributed by atoms with Gasteiger partial charge in [-0.1, -0.05) is 33.9 Å². The summed E-state index contributed by atoms with van der Waals surface area (Å²) in [7, 11) is 0. The van der Waals surface area contributed by atoms with Crippen molar-refractivity contribution in [1.29, 1.82) is 0 Å². The number of nitrogens with one attached hydrogen (secondary N) is 1. The number of rotatable bonds is 3. The van der Waals surface area contributed by atoms with Gasteiger partial charge in [0.2, 0.25) is 0 Å². The lowest BCUT2D eigenvalue weighted by molar-refractivity contribution is -0.120. The summed E-state index contributed by atoms with van der Waals surface area (Å²) in [5.41, 5.74) is -0.0595. The van der Waals surface area contributed by atoms with E-state index in [1.807, 2.05) is 24.3 Å². The molecular formula is C16H16BrN3O3S. The van der Waals surface area contributed by atoms with Crippen molar-refractivity contribution < 1.29 is 14.7 Å². The van der Waals surface area contributed by atoms with Crippen molar-refractivity contribution in [2.24, 2.45) is 22.1 Å². The summed E-state index contributed by atoms with van der Waals surface area (Å²) in [6.07, 6.45) is 3.52. The Morgan fingerprint density at radius 2 is 1.88 bits per heavy atom. The van der Waals surface area contributed by atoms with E-state index >= 15 is 0 Å². The molecule has 0 heterocycles. The van der Waals surface area contributed by atoms with Crippen molar-refractivity contribution in [3.63, 3.8) is 0 Å². The maximum atomic E-state index is 12.3. The highest BCUT2D eigenvalue weighted by Crippen LogP contribution is 2.42. The molecule has 0 aromatic heterocycles. The number of halogens is 1. The van der Waals surface area contributed by atoms with Crippen LogP contribution in [-0.4, -0.2) is 16.9 Å². The normalized spacial score (nSPS) is 23.6. The van der Waals surface area contributed by atoms with Gasteiger partial charge < -0.3 is 5.11 Å². The number of aliphatic hydroxyl groups excluding tert-OH is 1. The maximum absolute atomic E-state index is 12.3. The number of hydrogen-bond donors (Lipinski definition) is 2. The number of amides is 2. The third kappa shape index (κ3) is 3.70. The van der Waals surface area contributed by atoms with Gasteiger partial charge in [0.15, 0.2) is 11.5 Å². The fourth-order valence-electron chi connectivity index (χ4n) is 3.07. The summed E-state index contributed by atoms with van der Waals surface area (Å²) in [6, 6.07) is 6.72. The molecule has 0 radical (unpaired) electrons. The Morgan fingerprint density at radius 1 is 1.21 bits per heavy atom. The first kappa shape index (κ1) is 17.2. The molecule has 1 aromatic rings. The van der Waals surface area contributed by atoms with Crippen molar-refractivity contribution in [3.8, 4) is 0 Å². The molecule has 24 heavy (non-hydrogen) atoms. The number of ketones is 1. The molecule has 1 fully saturated rings. The van der Waals surface area contributed by atoms with Crippen LogP contribution in [-0.2, 0) is 4.79 Å². The number of benzene rings is 1. The molecule has 2 N–H and O–H groups in total. The van der Waals surface area contributed by atoms with Crippen LogP contribution in [0, 0.1) is 11.8 Å². The van der Waals surface area contributed by atoms with E-state index in [1.165, 1.54) is 0 Å². The van der Waals surface area contributed by atoms with Crippen LogP contribution in [0.1, 0.15) is 25.7 Å². The molecule has 8 heteroatoms. The van der Waals surface area contributed by atoms with Crippen LogP contribution in [0.3, 0.4) is 0 Å². The molecule has 2 aliphatic carbocycles. The summed E-state index contributed by atoms with van der Waals surface area (Å²) in [5.74, 6) is -0.565. The molecule has 2 unspecified atom stereocenters. The number of nitrogens with zero attached hydrogens (tertiary/aromatic N) is 2.